The molecule has 0 aliphatic rings. The molecule has 1 aromatic rings. The maximum absolute atomic E-state index is 11.7. The largest absolute Gasteiger partial charge is 0.375 e. The summed E-state index contributed by atoms with van der Waals surface area (Å²) in [6.07, 6.45) is -2.42. The lowest BCUT2D eigenvalue weighted by Crippen LogP contribution is -2.09. The number of carbonyl (C=O) groups excluding carboxylic acids is 1. The van der Waals surface area contributed by atoms with Crippen molar-refractivity contribution in [2.45, 2.75) is 12.8 Å². The summed E-state index contributed by atoms with van der Waals surface area (Å²) in [7, 11) is 0. The molecule has 0 N–H and O–H groups in total. The lowest BCUT2D eigenvalue weighted by molar-refractivity contribution is 0.0170. The van der Waals surface area contributed by atoms with Crippen molar-refractivity contribution >= 4 is 17.4 Å². The summed E-state index contributed by atoms with van der Waals surface area (Å²) in [4.78, 5) is 11.5. The summed E-state index contributed by atoms with van der Waals surface area (Å²) in [5, 5.41) is 0.472. The number of halogens is 3. The molecule has 0 amide bonds. The molecule has 0 aliphatic carbocycles. The van der Waals surface area contributed by atoms with Crippen LogP contribution in [0.3, 0.4) is 0 Å². The zero-order valence-electron chi connectivity index (χ0n) is 8.46. The van der Waals surface area contributed by atoms with Crippen LogP contribution in [0.4, 0.5) is 8.78 Å². The number of hydrogen-bond donors (Lipinski definition) is 0. The smallest absolute Gasteiger partial charge is 0.261 e. The zero-order valence-corrected chi connectivity index (χ0v) is 9.21. The van der Waals surface area contributed by atoms with Gasteiger partial charge in [-0.3, -0.25) is 4.79 Å². The Morgan fingerprint density at radius 2 is 2.19 bits per heavy atom. The molecule has 88 valence electrons. The highest BCUT2D eigenvalue weighted by Crippen LogP contribution is 2.12. The van der Waals surface area contributed by atoms with Gasteiger partial charge < -0.3 is 4.74 Å². The minimum Gasteiger partial charge on any atom is -0.375 e. The van der Waals surface area contributed by atoms with Crippen LogP contribution in [0.15, 0.2) is 24.3 Å². The Labute approximate surface area is 97.2 Å². The van der Waals surface area contributed by atoms with E-state index in [-0.39, 0.29) is 18.8 Å². The second kappa shape index (κ2) is 6.55. The Kier molecular flexibility index (Phi) is 5.35. The van der Waals surface area contributed by atoms with Crippen LogP contribution in [0.2, 0.25) is 5.02 Å². The van der Waals surface area contributed by atoms with E-state index in [0.717, 1.165) is 0 Å². The van der Waals surface area contributed by atoms with Gasteiger partial charge in [-0.15, -0.1) is 0 Å². The maximum atomic E-state index is 11.7. The lowest BCUT2D eigenvalue weighted by atomic mass is 10.1. The van der Waals surface area contributed by atoms with Crippen LogP contribution >= 0.6 is 11.6 Å². The second-order valence-corrected chi connectivity index (χ2v) is 3.59. The number of rotatable bonds is 6. The molecule has 0 heterocycles. The zero-order chi connectivity index (χ0) is 12.0. The van der Waals surface area contributed by atoms with Crippen molar-refractivity contribution < 1.29 is 18.3 Å². The Bertz CT molecular complexity index is 356. The van der Waals surface area contributed by atoms with Gasteiger partial charge in [0, 0.05) is 17.0 Å². The number of carbonyl (C=O) groups is 1. The molecule has 0 atom stereocenters. The first-order valence-electron chi connectivity index (χ1n) is 4.74. The van der Waals surface area contributed by atoms with Crippen molar-refractivity contribution in [2.75, 3.05) is 13.2 Å². The molecule has 0 bridgehead atoms. The van der Waals surface area contributed by atoms with Crippen LogP contribution in [0.25, 0.3) is 0 Å². The molecular weight excluding hydrogens is 238 g/mol. The second-order valence-electron chi connectivity index (χ2n) is 3.15. The van der Waals surface area contributed by atoms with Gasteiger partial charge in [-0.05, 0) is 12.1 Å². The van der Waals surface area contributed by atoms with Gasteiger partial charge in [0.1, 0.15) is 6.61 Å². The van der Waals surface area contributed by atoms with Crippen molar-refractivity contribution in [3.63, 3.8) is 0 Å². The van der Waals surface area contributed by atoms with E-state index in [0.29, 0.717) is 10.6 Å². The van der Waals surface area contributed by atoms with Crippen molar-refractivity contribution in [1.82, 2.24) is 0 Å². The number of hydrogen-bond acceptors (Lipinski definition) is 2. The van der Waals surface area contributed by atoms with Crippen LogP contribution in [0, 0.1) is 0 Å². The normalized spacial score (nSPS) is 10.8. The molecule has 0 fully saturated rings. The van der Waals surface area contributed by atoms with E-state index in [2.05, 4.69) is 4.74 Å². The molecule has 0 saturated heterocycles. The summed E-state index contributed by atoms with van der Waals surface area (Å²) in [6, 6.07) is 6.49. The fourth-order valence-electron chi connectivity index (χ4n) is 1.14. The minimum absolute atomic E-state index is 0.00428. The van der Waals surface area contributed by atoms with E-state index in [1.165, 1.54) is 6.07 Å². The van der Waals surface area contributed by atoms with Crippen LogP contribution < -0.4 is 0 Å². The average molecular weight is 249 g/mol. The van der Waals surface area contributed by atoms with E-state index in [4.69, 9.17) is 11.6 Å². The average Bonchev–Trinajstić information content (AvgIpc) is 2.24. The molecule has 16 heavy (non-hydrogen) atoms. The third-order valence-electron chi connectivity index (χ3n) is 1.86. The quantitative estimate of drug-likeness (QED) is 0.571. The van der Waals surface area contributed by atoms with Gasteiger partial charge in [0.15, 0.2) is 5.78 Å². The number of alkyl halides is 2. The van der Waals surface area contributed by atoms with Gasteiger partial charge >= 0.3 is 0 Å². The molecule has 2 nitrogen and oxygen atoms in total. The number of ether oxygens (including phenoxy) is 1. The standard InChI is InChI=1S/C11H11ClF2O2/c12-9-3-1-2-8(6-9)10(15)4-5-16-7-11(13)14/h1-3,6,11H,4-5,7H2. The third kappa shape index (κ3) is 4.68. The highest BCUT2D eigenvalue weighted by molar-refractivity contribution is 6.31. The van der Waals surface area contributed by atoms with Gasteiger partial charge in [-0.25, -0.2) is 8.78 Å². The summed E-state index contributed by atoms with van der Waals surface area (Å²) < 4.78 is 28.0. The first-order chi connectivity index (χ1) is 7.59. The van der Waals surface area contributed by atoms with Gasteiger partial charge in [0.25, 0.3) is 6.43 Å². The van der Waals surface area contributed by atoms with Gasteiger partial charge in [-0.2, -0.15) is 0 Å². The molecule has 0 aliphatic heterocycles. The highest BCUT2D eigenvalue weighted by Gasteiger charge is 2.07. The summed E-state index contributed by atoms with van der Waals surface area (Å²) >= 11 is 5.71. The highest BCUT2D eigenvalue weighted by atomic mass is 35.5. The Morgan fingerprint density at radius 1 is 1.44 bits per heavy atom. The van der Waals surface area contributed by atoms with Crippen molar-refractivity contribution in [3.8, 4) is 0 Å². The van der Waals surface area contributed by atoms with E-state index in [1.54, 1.807) is 18.2 Å². The predicted octanol–water partition coefficient (Wildman–Crippen LogP) is 3.19. The molecule has 5 heteroatoms. The van der Waals surface area contributed by atoms with Gasteiger partial charge in [-0.1, -0.05) is 23.7 Å². The molecule has 0 spiro atoms. The van der Waals surface area contributed by atoms with Crippen molar-refractivity contribution in [1.29, 1.82) is 0 Å². The molecule has 1 aromatic carbocycles. The van der Waals surface area contributed by atoms with Crippen LogP contribution in [0.5, 0.6) is 0 Å². The molecule has 0 aromatic heterocycles. The SMILES string of the molecule is O=C(CCOCC(F)F)c1cccc(Cl)c1. The summed E-state index contributed by atoms with van der Waals surface area (Å²) in [6.45, 7) is -0.640. The van der Waals surface area contributed by atoms with Gasteiger partial charge in [0.05, 0.1) is 6.61 Å². The molecule has 0 radical (unpaired) electrons. The van der Waals surface area contributed by atoms with Crippen molar-refractivity contribution in [3.05, 3.63) is 34.9 Å². The molecule has 0 saturated carbocycles. The predicted molar refractivity (Wildman–Crippen MR) is 57.2 cm³/mol. The fraction of sp³-hybridized carbons (Fsp3) is 0.364. The first-order valence-corrected chi connectivity index (χ1v) is 5.12. The number of ketones is 1. The van der Waals surface area contributed by atoms with Gasteiger partial charge in [0.2, 0.25) is 0 Å². The van der Waals surface area contributed by atoms with E-state index in [1.807, 2.05) is 0 Å². The van der Waals surface area contributed by atoms with Crippen LogP contribution in [0.1, 0.15) is 16.8 Å². The first kappa shape index (κ1) is 13.1. The monoisotopic (exact) mass is 248 g/mol. The van der Waals surface area contributed by atoms with Crippen LogP contribution in [-0.4, -0.2) is 25.4 Å². The molecule has 1 rings (SSSR count). The summed E-state index contributed by atoms with van der Waals surface area (Å²) in [5.41, 5.74) is 0.466. The Morgan fingerprint density at radius 3 is 2.81 bits per heavy atom. The number of benzene rings is 1. The fourth-order valence-corrected chi connectivity index (χ4v) is 1.33. The lowest BCUT2D eigenvalue weighted by Gasteiger charge is -2.03. The minimum atomic E-state index is -2.50. The topological polar surface area (TPSA) is 26.3 Å². The third-order valence-corrected chi connectivity index (χ3v) is 2.10. The number of Topliss-reactive ketones (excluding diaryl/α,β-unsaturated/α-hetero) is 1. The van der Waals surface area contributed by atoms with E-state index >= 15 is 0 Å². The van der Waals surface area contributed by atoms with E-state index < -0.39 is 13.0 Å². The Hall–Kier alpha value is -1.00. The van der Waals surface area contributed by atoms with Crippen molar-refractivity contribution in [2.24, 2.45) is 0 Å². The van der Waals surface area contributed by atoms with Crippen LogP contribution in [-0.2, 0) is 4.74 Å². The van der Waals surface area contributed by atoms with E-state index in [9.17, 15) is 13.6 Å². The molecule has 0 unspecified atom stereocenters. The Balaban J connectivity index is 2.35. The maximum Gasteiger partial charge on any atom is 0.261 e. The molecular formula is C11H11ClF2O2. The summed E-state index contributed by atoms with van der Waals surface area (Å²) in [5.74, 6) is -0.170.